The molecular weight excluding hydrogens is 412 g/mol. The van der Waals surface area contributed by atoms with Gasteiger partial charge >= 0.3 is 0 Å². The molecule has 1 fully saturated rings. The molecule has 3 aromatic heterocycles. The first-order chi connectivity index (χ1) is 16.0. The zero-order valence-electron chi connectivity index (χ0n) is 19.9. The van der Waals surface area contributed by atoms with E-state index >= 15 is 0 Å². The Morgan fingerprint density at radius 2 is 1.94 bits per heavy atom. The van der Waals surface area contributed by atoms with Gasteiger partial charge in [0.05, 0.1) is 11.4 Å². The highest BCUT2D eigenvalue weighted by atomic mass is 16.1. The molecule has 0 radical (unpaired) electrons. The molecule has 0 spiro atoms. The van der Waals surface area contributed by atoms with Gasteiger partial charge in [0.1, 0.15) is 11.6 Å². The third kappa shape index (κ3) is 5.83. The number of hydrogen-bond acceptors (Lipinski definition) is 5. The van der Waals surface area contributed by atoms with Gasteiger partial charge in [0.2, 0.25) is 5.91 Å². The predicted molar refractivity (Wildman–Crippen MR) is 129 cm³/mol. The largest absolute Gasteiger partial charge is 0.356 e. The van der Waals surface area contributed by atoms with Crippen molar-refractivity contribution in [1.82, 2.24) is 29.8 Å². The van der Waals surface area contributed by atoms with Crippen molar-refractivity contribution >= 4 is 5.91 Å². The summed E-state index contributed by atoms with van der Waals surface area (Å²) in [6, 6.07) is 5.97. The molecule has 0 atom stereocenters. The van der Waals surface area contributed by atoms with Crippen LogP contribution in [-0.4, -0.2) is 37.0 Å². The quantitative estimate of drug-likeness (QED) is 0.544. The Labute approximate surface area is 196 Å². The number of nitrogens with one attached hydrogen (secondary N) is 1. The minimum absolute atomic E-state index is 0.111. The van der Waals surface area contributed by atoms with Crippen molar-refractivity contribution in [2.45, 2.75) is 71.3 Å². The van der Waals surface area contributed by atoms with Crippen LogP contribution in [0.1, 0.15) is 75.1 Å². The number of rotatable bonds is 8. The number of aromatic nitrogens is 5. The summed E-state index contributed by atoms with van der Waals surface area (Å²) < 4.78 is 2.01. The molecule has 0 bridgehead atoms. The van der Waals surface area contributed by atoms with Gasteiger partial charge in [-0.05, 0) is 50.7 Å². The summed E-state index contributed by atoms with van der Waals surface area (Å²) in [6.07, 6.45) is 12.3. The summed E-state index contributed by atoms with van der Waals surface area (Å²) in [5.74, 6) is 3.16. The molecule has 7 heteroatoms. The summed E-state index contributed by atoms with van der Waals surface area (Å²) in [5, 5.41) is 3.14. The molecule has 0 saturated heterocycles. The van der Waals surface area contributed by atoms with Gasteiger partial charge in [-0.1, -0.05) is 19.9 Å². The highest BCUT2D eigenvalue weighted by Crippen LogP contribution is 2.38. The van der Waals surface area contributed by atoms with Gasteiger partial charge in [-0.3, -0.25) is 9.78 Å². The van der Waals surface area contributed by atoms with Gasteiger partial charge in [0.25, 0.3) is 0 Å². The van der Waals surface area contributed by atoms with Gasteiger partial charge in [0, 0.05) is 61.7 Å². The predicted octanol–water partition coefficient (Wildman–Crippen LogP) is 4.65. The minimum Gasteiger partial charge on any atom is -0.356 e. The van der Waals surface area contributed by atoms with Crippen molar-refractivity contribution in [2.24, 2.45) is 5.92 Å². The number of pyridine rings is 1. The summed E-state index contributed by atoms with van der Waals surface area (Å²) in [4.78, 5) is 30.7. The molecule has 0 aliphatic heterocycles. The van der Waals surface area contributed by atoms with Crippen molar-refractivity contribution in [3.05, 3.63) is 60.3 Å². The Hall–Kier alpha value is -3.09. The van der Waals surface area contributed by atoms with Crippen LogP contribution in [0.4, 0.5) is 0 Å². The number of carbonyl (C=O) groups is 1. The third-order valence-corrected chi connectivity index (χ3v) is 6.62. The molecule has 3 aromatic rings. The van der Waals surface area contributed by atoms with Crippen LogP contribution in [-0.2, 0) is 11.3 Å². The van der Waals surface area contributed by atoms with E-state index in [-0.39, 0.29) is 5.91 Å². The Morgan fingerprint density at radius 1 is 1.12 bits per heavy atom. The molecule has 3 heterocycles. The van der Waals surface area contributed by atoms with E-state index in [1.807, 2.05) is 48.3 Å². The third-order valence-electron chi connectivity index (χ3n) is 6.62. The Morgan fingerprint density at radius 3 is 2.61 bits per heavy atom. The molecule has 1 N–H and O–H groups in total. The molecule has 0 unspecified atom stereocenters. The van der Waals surface area contributed by atoms with Gasteiger partial charge < -0.3 is 9.88 Å². The van der Waals surface area contributed by atoms with E-state index in [0.717, 1.165) is 60.8 Å². The van der Waals surface area contributed by atoms with E-state index in [9.17, 15) is 4.79 Å². The van der Waals surface area contributed by atoms with E-state index in [4.69, 9.17) is 4.98 Å². The van der Waals surface area contributed by atoms with Crippen LogP contribution in [0.2, 0.25) is 0 Å². The summed E-state index contributed by atoms with van der Waals surface area (Å²) >= 11 is 0. The molecule has 1 aliphatic carbocycles. The first-order valence-electron chi connectivity index (χ1n) is 12.0. The molecule has 1 saturated carbocycles. The summed E-state index contributed by atoms with van der Waals surface area (Å²) in [5.41, 5.74) is 3.11. The van der Waals surface area contributed by atoms with E-state index in [1.54, 1.807) is 6.20 Å². The number of nitrogens with zero attached hydrogens (tertiary/aromatic N) is 5. The highest BCUT2D eigenvalue weighted by molar-refractivity contribution is 5.75. The monoisotopic (exact) mass is 446 g/mol. The van der Waals surface area contributed by atoms with E-state index < -0.39 is 0 Å². The zero-order valence-corrected chi connectivity index (χ0v) is 19.9. The topological polar surface area (TPSA) is 85.6 Å². The standard InChI is InChI=1S/C26H34N6O/c1-18(2)26-30-17-22(23-6-4-5-12-28-23)25(31-26)21-9-7-20(8-10-21)16-29-24(33)11-14-32-15-13-27-19(32)3/h4-6,12-13,15,17-18,20-21H,7-11,14,16H2,1-3H3,(H,29,33). The lowest BCUT2D eigenvalue weighted by atomic mass is 9.79. The Bertz CT molecular complexity index is 1050. The number of amides is 1. The van der Waals surface area contributed by atoms with Crippen LogP contribution < -0.4 is 5.32 Å². The van der Waals surface area contributed by atoms with Crippen molar-refractivity contribution < 1.29 is 4.79 Å². The fraction of sp³-hybridized carbons (Fsp3) is 0.500. The molecule has 1 amide bonds. The first-order valence-corrected chi connectivity index (χ1v) is 12.0. The fourth-order valence-corrected chi connectivity index (χ4v) is 4.57. The molecule has 0 aromatic carbocycles. The van der Waals surface area contributed by atoms with Crippen molar-refractivity contribution in [2.75, 3.05) is 6.54 Å². The molecule has 7 nitrogen and oxygen atoms in total. The zero-order chi connectivity index (χ0) is 23.2. The molecule has 1 aliphatic rings. The van der Waals surface area contributed by atoms with Gasteiger partial charge in [0.15, 0.2) is 0 Å². The van der Waals surface area contributed by atoms with Gasteiger partial charge in [-0.15, -0.1) is 0 Å². The lowest BCUT2D eigenvalue weighted by molar-refractivity contribution is -0.121. The SMILES string of the molecule is Cc1nccn1CCC(=O)NCC1CCC(c2nc(C(C)C)ncc2-c2ccccn2)CC1. The van der Waals surface area contributed by atoms with Crippen LogP contribution in [0.15, 0.2) is 43.0 Å². The van der Waals surface area contributed by atoms with Crippen molar-refractivity contribution in [3.63, 3.8) is 0 Å². The molecular formula is C26H34N6O. The number of aryl methyl sites for hydroxylation is 2. The lowest BCUT2D eigenvalue weighted by Gasteiger charge is -2.29. The summed E-state index contributed by atoms with van der Waals surface area (Å²) in [6.45, 7) is 7.65. The Kier molecular flexibility index (Phi) is 7.47. The highest BCUT2D eigenvalue weighted by Gasteiger charge is 2.27. The number of carbonyl (C=O) groups excluding carboxylic acids is 1. The van der Waals surface area contributed by atoms with E-state index in [2.05, 4.69) is 34.1 Å². The smallest absolute Gasteiger partial charge is 0.221 e. The second-order valence-corrected chi connectivity index (χ2v) is 9.34. The first kappa shape index (κ1) is 23.1. The van der Waals surface area contributed by atoms with Crippen molar-refractivity contribution in [3.8, 4) is 11.3 Å². The van der Waals surface area contributed by atoms with Gasteiger partial charge in [-0.25, -0.2) is 15.0 Å². The van der Waals surface area contributed by atoms with E-state index in [0.29, 0.717) is 30.7 Å². The van der Waals surface area contributed by atoms with Crippen LogP contribution in [0.5, 0.6) is 0 Å². The van der Waals surface area contributed by atoms with E-state index in [1.165, 1.54) is 0 Å². The molecule has 33 heavy (non-hydrogen) atoms. The maximum absolute atomic E-state index is 12.3. The van der Waals surface area contributed by atoms with Crippen LogP contribution >= 0.6 is 0 Å². The van der Waals surface area contributed by atoms with Crippen LogP contribution in [0.3, 0.4) is 0 Å². The maximum Gasteiger partial charge on any atom is 0.221 e. The number of imidazole rings is 1. The Balaban J connectivity index is 1.34. The number of hydrogen-bond donors (Lipinski definition) is 1. The average Bonchev–Trinajstić information content (AvgIpc) is 3.26. The minimum atomic E-state index is 0.111. The second-order valence-electron chi connectivity index (χ2n) is 9.34. The fourth-order valence-electron chi connectivity index (χ4n) is 4.57. The summed E-state index contributed by atoms with van der Waals surface area (Å²) in [7, 11) is 0. The lowest BCUT2D eigenvalue weighted by Crippen LogP contribution is -2.31. The van der Waals surface area contributed by atoms with Crippen molar-refractivity contribution in [1.29, 1.82) is 0 Å². The van der Waals surface area contributed by atoms with Gasteiger partial charge in [-0.2, -0.15) is 0 Å². The second kappa shape index (κ2) is 10.7. The normalized spacial score (nSPS) is 18.4. The van der Waals surface area contributed by atoms with Crippen LogP contribution in [0, 0.1) is 12.8 Å². The molecule has 174 valence electrons. The maximum atomic E-state index is 12.3. The average molecular weight is 447 g/mol. The van der Waals surface area contributed by atoms with Crippen LogP contribution in [0.25, 0.3) is 11.3 Å². The molecule has 4 rings (SSSR count).